The molecule has 0 saturated heterocycles. The second-order valence-electron chi connectivity index (χ2n) is 4.60. The summed E-state index contributed by atoms with van der Waals surface area (Å²) < 4.78 is 5.25. The summed E-state index contributed by atoms with van der Waals surface area (Å²) in [5.41, 5.74) is 2.76. The van der Waals surface area contributed by atoms with E-state index in [1.165, 1.54) is 16.0 Å². The fraction of sp³-hybridized carbons (Fsp3) is 0.375. The van der Waals surface area contributed by atoms with E-state index in [4.69, 9.17) is 4.74 Å². The van der Waals surface area contributed by atoms with E-state index in [1.807, 2.05) is 7.05 Å². The highest BCUT2D eigenvalue weighted by atomic mass is 32.1. The number of ether oxygens (including phenoxy) is 1. The first-order valence-corrected chi connectivity index (χ1v) is 7.52. The van der Waals surface area contributed by atoms with Gasteiger partial charge >= 0.3 is 0 Å². The molecule has 0 bridgehead atoms. The van der Waals surface area contributed by atoms with Crippen molar-refractivity contribution in [2.24, 2.45) is 0 Å². The Morgan fingerprint density at radius 1 is 1.21 bits per heavy atom. The highest BCUT2D eigenvalue weighted by Gasteiger charge is 2.13. The van der Waals surface area contributed by atoms with Gasteiger partial charge in [0, 0.05) is 16.3 Å². The summed E-state index contributed by atoms with van der Waals surface area (Å²) >= 11 is 1.75. The molecule has 0 aliphatic carbocycles. The topological polar surface area (TPSA) is 21.3 Å². The van der Waals surface area contributed by atoms with Gasteiger partial charge in [-0.05, 0) is 37.1 Å². The highest BCUT2D eigenvalue weighted by molar-refractivity contribution is 7.10. The van der Waals surface area contributed by atoms with Crippen LogP contribution in [0.3, 0.4) is 0 Å². The molecule has 1 aromatic carbocycles. The second kappa shape index (κ2) is 6.73. The van der Waals surface area contributed by atoms with E-state index in [2.05, 4.69) is 48.0 Å². The number of nitrogens with one attached hydrogen (secondary N) is 1. The minimum atomic E-state index is 0.348. The third kappa shape index (κ3) is 3.58. The molecule has 1 unspecified atom stereocenters. The van der Waals surface area contributed by atoms with Crippen LogP contribution in [0.4, 0.5) is 0 Å². The summed E-state index contributed by atoms with van der Waals surface area (Å²) in [6.45, 7) is 2.18. The predicted molar refractivity (Wildman–Crippen MR) is 82.2 cm³/mol. The van der Waals surface area contributed by atoms with E-state index in [0.29, 0.717) is 6.04 Å². The summed E-state index contributed by atoms with van der Waals surface area (Å²) in [5.74, 6) is 0.946. The normalized spacial score (nSPS) is 12.4. The van der Waals surface area contributed by atoms with E-state index < -0.39 is 0 Å². The molecule has 1 heterocycles. The molecule has 2 aromatic rings. The molecule has 0 spiro atoms. The smallest absolute Gasteiger partial charge is 0.129 e. The third-order valence-corrected chi connectivity index (χ3v) is 4.42. The Bertz CT molecular complexity index is 504. The Morgan fingerprint density at radius 2 is 1.89 bits per heavy atom. The Hall–Kier alpha value is -1.32. The van der Waals surface area contributed by atoms with Crippen LogP contribution in [0.5, 0.6) is 5.75 Å². The first-order chi connectivity index (χ1) is 9.26. The second-order valence-corrected chi connectivity index (χ2v) is 5.55. The third-order valence-electron chi connectivity index (χ3n) is 3.39. The molecule has 0 radical (unpaired) electrons. The molecule has 1 N–H and O–H groups in total. The lowest BCUT2D eigenvalue weighted by Gasteiger charge is -2.14. The zero-order valence-electron chi connectivity index (χ0n) is 11.8. The largest absolute Gasteiger partial charge is 0.496 e. The Kier molecular flexibility index (Phi) is 5.00. The minimum absolute atomic E-state index is 0.348. The number of hydrogen-bond acceptors (Lipinski definition) is 3. The highest BCUT2D eigenvalue weighted by Crippen LogP contribution is 2.28. The summed E-state index contributed by atoms with van der Waals surface area (Å²) in [4.78, 5) is 1.32. The maximum Gasteiger partial charge on any atom is 0.129 e. The van der Waals surface area contributed by atoms with Gasteiger partial charge in [0.15, 0.2) is 0 Å². The lowest BCUT2D eigenvalue weighted by Crippen LogP contribution is -2.17. The monoisotopic (exact) mass is 275 g/mol. The van der Waals surface area contributed by atoms with Gasteiger partial charge in [-0.1, -0.05) is 31.2 Å². The zero-order valence-corrected chi connectivity index (χ0v) is 12.6. The minimum Gasteiger partial charge on any atom is -0.496 e. The van der Waals surface area contributed by atoms with Crippen LogP contribution in [0.1, 0.15) is 29.0 Å². The van der Waals surface area contributed by atoms with Crippen LogP contribution in [-0.2, 0) is 12.8 Å². The van der Waals surface area contributed by atoms with Crippen LogP contribution < -0.4 is 10.1 Å². The van der Waals surface area contributed by atoms with Crippen molar-refractivity contribution in [2.45, 2.75) is 25.8 Å². The molecule has 0 aliphatic heterocycles. The lowest BCUT2D eigenvalue weighted by atomic mass is 10.0. The van der Waals surface area contributed by atoms with Crippen molar-refractivity contribution in [2.75, 3.05) is 14.2 Å². The van der Waals surface area contributed by atoms with Crippen molar-refractivity contribution >= 4 is 11.3 Å². The van der Waals surface area contributed by atoms with Gasteiger partial charge in [0.05, 0.1) is 7.11 Å². The molecule has 0 fully saturated rings. The van der Waals surface area contributed by atoms with Crippen LogP contribution in [0.15, 0.2) is 35.7 Å². The average Bonchev–Trinajstić information content (AvgIpc) is 2.94. The number of likely N-dealkylation sites (N-methyl/N-ethyl adjacent to an activating group) is 1. The molecule has 102 valence electrons. The van der Waals surface area contributed by atoms with Crippen molar-refractivity contribution in [1.82, 2.24) is 5.32 Å². The van der Waals surface area contributed by atoms with Crippen molar-refractivity contribution < 1.29 is 4.74 Å². The molecule has 1 atom stereocenters. The molecule has 19 heavy (non-hydrogen) atoms. The molecule has 1 aromatic heterocycles. The number of rotatable bonds is 6. The SMILES string of the molecule is CCc1ccc(CC(NC)c2cc(OC)cs2)cc1. The fourth-order valence-electron chi connectivity index (χ4n) is 2.12. The van der Waals surface area contributed by atoms with Crippen LogP contribution in [0, 0.1) is 0 Å². The first-order valence-electron chi connectivity index (χ1n) is 6.64. The van der Waals surface area contributed by atoms with Crippen molar-refractivity contribution in [1.29, 1.82) is 0 Å². The lowest BCUT2D eigenvalue weighted by molar-refractivity contribution is 0.416. The average molecular weight is 275 g/mol. The maximum absolute atomic E-state index is 5.25. The van der Waals surface area contributed by atoms with Gasteiger partial charge in [-0.15, -0.1) is 11.3 Å². The summed E-state index contributed by atoms with van der Waals surface area (Å²) in [6, 6.07) is 11.4. The van der Waals surface area contributed by atoms with Gasteiger partial charge < -0.3 is 10.1 Å². The molecule has 2 rings (SSSR count). The maximum atomic E-state index is 5.25. The van der Waals surface area contributed by atoms with Gasteiger partial charge in [-0.2, -0.15) is 0 Å². The standard InChI is InChI=1S/C16H21NOS/c1-4-12-5-7-13(8-6-12)9-15(17-2)16-10-14(18-3)11-19-16/h5-8,10-11,15,17H,4,9H2,1-3H3. The molecule has 2 nitrogen and oxygen atoms in total. The Morgan fingerprint density at radius 3 is 2.42 bits per heavy atom. The van der Waals surface area contributed by atoms with E-state index in [-0.39, 0.29) is 0 Å². The molecule has 3 heteroatoms. The quantitative estimate of drug-likeness (QED) is 0.865. The number of hydrogen-bond donors (Lipinski definition) is 1. The van der Waals surface area contributed by atoms with Gasteiger partial charge in [0.2, 0.25) is 0 Å². The van der Waals surface area contributed by atoms with E-state index in [9.17, 15) is 0 Å². The fourth-order valence-corrected chi connectivity index (χ4v) is 3.08. The van der Waals surface area contributed by atoms with Crippen LogP contribution in [0.2, 0.25) is 0 Å². The molecular weight excluding hydrogens is 254 g/mol. The Balaban J connectivity index is 2.09. The molecule has 0 amide bonds. The zero-order chi connectivity index (χ0) is 13.7. The number of benzene rings is 1. The van der Waals surface area contributed by atoms with E-state index in [1.54, 1.807) is 18.4 Å². The van der Waals surface area contributed by atoms with Crippen molar-refractivity contribution in [3.63, 3.8) is 0 Å². The number of methoxy groups -OCH3 is 1. The van der Waals surface area contributed by atoms with E-state index >= 15 is 0 Å². The van der Waals surface area contributed by atoms with Crippen LogP contribution in [0.25, 0.3) is 0 Å². The number of aryl methyl sites for hydroxylation is 1. The summed E-state index contributed by atoms with van der Waals surface area (Å²) in [6.07, 6.45) is 2.10. The number of thiophene rings is 1. The summed E-state index contributed by atoms with van der Waals surface area (Å²) in [5, 5.41) is 5.44. The van der Waals surface area contributed by atoms with Gasteiger partial charge in [0.25, 0.3) is 0 Å². The van der Waals surface area contributed by atoms with Gasteiger partial charge in [0.1, 0.15) is 5.75 Å². The van der Waals surface area contributed by atoms with Crippen LogP contribution >= 0.6 is 11.3 Å². The predicted octanol–water partition coefficient (Wildman–Crippen LogP) is 3.82. The summed E-state index contributed by atoms with van der Waals surface area (Å²) in [7, 11) is 3.72. The molecular formula is C16H21NOS. The first kappa shape index (κ1) is 14.1. The van der Waals surface area contributed by atoms with Gasteiger partial charge in [-0.3, -0.25) is 0 Å². The van der Waals surface area contributed by atoms with E-state index in [0.717, 1.165) is 18.6 Å². The Labute approximate surface area is 119 Å². The molecule has 0 saturated carbocycles. The van der Waals surface area contributed by atoms with Gasteiger partial charge in [-0.25, -0.2) is 0 Å². The van der Waals surface area contributed by atoms with Crippen LogP contribution in [-0.4, -0.2) is 14.2 Å². The van der Waals surface area contributed by atoms with Crippen molar-refractivity contribution in [3.8, 4) is 5.75 Å². The van der Waals surface area contributed by atoms with Crippen molar-refractivity contribution in [3.05, 3.63) is 51.7 Å². The molecule has 0 aliphatic rings.